The van der Waals surface area contributed by atoms with E-state index in [2.05, 4.69) is 5.32 Å². The lowest BCUT2D eigenvalue weighted by molar-refractivity contribution is 0.0316. The number of hydrogen-bond donors (Lipinski definition) is 1. The van der Waals surface area contributed by atoms with Gasteiger partial charge in [0.25, 0.3) is 0 Å². The molecule has 0 saturated carbocycles. The highest BCUT2D eigenvalue weighted by Crippen LogP contribution is 2.31. The predicted molar refractivity (Wildman–Crippen MR) is 68.1 cm³/mol. The molecule has 0 radical (unpaired) electrons. The summed E-state index contributed by atoms with van der Waals surface area (Å²) in [6.45, 7) is 2.40. The molecule has 0 unspecified atom stereocenters. The lowest BCUT2D eigenvalue weighted by Crippen LogP contribution is -2.44. The van der Waals surface area contributed by atoms with Crippen LogP contribution in [0, 0.1) is 11.6 Å². The van der Waals surface area contributed by atoms with Gasteiger partial charge >= 0.3 is 6.09 Å². The highest BCUT2D eigenvalue weighted by atomic mass is 19.2. The molecule has 108 valence electrons. The summed E-state index contributed by atoms with van der Waals surface area (Å²) < 4.78 is 31.6. The Hall–Kier alpha value is -1.69. The van der Waals surface area contributed by atoms with Crippen molar-refractivity contribution in [1.29, 1.82) is 0 Å². The first-order valence-electron chi connectivity index (χ1n) is 6.71. The third-order valence-corrected chi connectivity index (χ3v) is 3.91. The molecule has 1 spiro atoms. The van der Waals surface area contributed by atoms with Crippen molar-refractivity contribution in [3.8, 4) is 0 Å². The molecule has 2 aliphatic rings. The topological polar surface area (TPSA) is 41.6 Å². The molecule has 2 saturated heterocycles. The highest BCUT2D eigenvalue weighted by Gasteiger charge is 2.45. The Labute approximate surface area is 115 Å². The molecule has 2 fully saturated rings. The number of benzene rings is 1. The Morgan fingerprint density at radius 2 is 2.00 bits per heavy atom. The van der Waals surface area contributed by atoms with Crippen molar-refractivity contribution >= 4 is 6.09 Å². The van der Waals surface area contributed by atoms with E-state index in [1.54, 1.807) is 4.90 Å². The fraction of sp³-hybridized carbons (Fsp3) is 0.500. The lowest BCUT2D eigenvalue weighted by Gasteiger charge is -2.31. The number of carbonyl (C=O) groups is 1. The number of ether oxygens (including phenoxy) is 1. The van der Waals surface area contributed by atoms with E-state index in [0.717, 1.165) is 38.1 Å². The SMILES string of the molecule is O=C1OC2(CCNCC2)CN1Cc1ccc(F)c(F)c1. The van der Waals surface area contributed by atoms with Gasteiger partial charge in [-0.05, 0) is 30.8 Å². The van der Waals surface area contributed by atoms with Crippen LogP contribution in [0.15, 0.2) is 18.2 Å². The largest absolute Gasteiger partial charge is 0.441 e. The third-order valence-electron chi connectivity index (χ3n) is 3.91. The number of rotatable bonds is 2. The van der Waals surface area contributed by atoms with Crippen LogP contribution in [0.3, 0.4) is 0 Å². The zero-order valence-corrected chi connectivity index (χ0v) is 11.0. The third kappa shape index (κ3) is 2.47. The molecular weight excluding hydrogens is 266 g/mol. The zero-order valence-electron chi connectivity index (χ0n) is 11.0. The summed E-state index contributed by atoms with van der Waals surface area (Å²) in [6.07, 6.45) is 1.19. The summed E-state index contributed by atoms with van der Waals surface area (Å²) in [5.74, 6) is -1.78. The van der Waals surface area contributed by atoms with Crippen LogP contribution in [0.2, 0.25) is 0 Å². The smallest absolute Gasteiger partial charge is 0.410 e. The van der Waals surface area contributed by atoms with E-state index in [4.69, 9.17) is 4.74 Å². The summed E-state index contributed by atoms with van der Waals surface area (Å²) in [5.41, 5.74) is 0.146. The second kappa shape index (κ2) is 5.01. The Kier molecular flexibility index (Phi) is 3.33. The zero-order chi connectivity index (χ0) is 14.2. The van der Waals surface area contributed by atoms with Crippen LogP contribution in [0.25, 0.3) is 0 Å². The van der Waals surface area contributed by atoms with Crippen molar-refractivity contribution in [2.24, 2.45) is 0 Å². The minimum atomic E-state index is -0.897. The molecule has 1 N–H and O–H groups in total. The van der Waals surface area contributed by atoms with Gasteiger partial charge in [-0.3, -0.25) is 4.90 Å². The molecule has 0 aliphatic carbocycles. The number of hydrogen-bond acceptors (Lipinski definition) is 3. The predicted octanol–water partition coefficient (Wildman–Crippen LogP) is 2.04. The second-order valence-electron chi connectivity index (χ2n) is 5.41. The van der Waals surface area contributed by atoms with Crippen LogP contribution in [-0.4, -0.2) is 36.2 Å². The molecular formula is C14H16F2N2O2. The van der Waals surface area contributed by atoms with Gasteiger partial charge in [-0.25, -0.2) is 13.6 Å². The van der Waals surface area contributed by atoms with Crippen LogP contribution in [0.5, 0.6) is 0 Å². The maximum Gasteiger partial charge on any atom is 0.410 e. The van der Waals surface area contributed by atoms with Crippen molar-refractivity contribution in [2.45, 2.75) is 25.0 Å². The minimum absolute atomic E-state index is 0.241. The Morgan fingerprint density at radius 1 is 1.25 bits per heavy atom. The van der Waals surface area contributed by atoms with E-state index in [0.29, 0.717) is 12.1 Å². The lowest BCUT2D eigenvalue weighted by atomic mass is 9.92. The summed E-state index contributed by atoms with van der Waals surface area (Å²) >= 11 is 0. The van der Waals surface area contributed by atoms with Crippen molar-refractivity contribution in [3.05, 3.63) is 35.4 Å². The first-order valence-corrected chi connectivity index (χ1v) is 6.71. The summed E-state index contributed by atoms with van der Waals surface area (Å²) in [5, 5.41) is 3.23. The molecule has 1 aromatic carbocycles. The molecule has 2 heterocycles. The fourth-order valence-electron chi connectivity index (χ4n) is 2.82. The average Bonchev–Trinajstić information content (AvgIpc) is 2.71. The standard InChI is InChI=1S/C14H16F2N2O2/c15-11-2-1-10(7-12(11)16)8-18-9-14(20-13(18)19)3-5-17-6-4-14/h1-2,7,17H,3-6,8-9H2. The molecule has 1 amide bonds. The van der Waals surface area contributed by atoms with Gasteiger partial charge in [0.15, 0.2) is 11.6 Å². The molecule has 1 aromatic rings. The number of nitrogens with zero attached hydrogens (tertiary/aromatic N) is 1. The maximum absolute atomic E-state index is 13.2. The molecule has 20 heavy (non-hydrogen) atoms. The minimum Gasteiger partial charge on any atom is -0.441 e. The van der Waals surface area contributed by atoms with Crippen LogP contribution in [0.4, 0.5) is 13.6 Å². The van der Waals surface area contributed by atoms with E-state index in [-0.39, 0.29) is 12.6 Å². The van der Waals surface area contributed by atoms with E-state index < -0.39 is 17.2 Å². The van der Waals surface area contributed by atoms with Crippen molar-refractivity contribution in [1.82, 2.24) is 10.2 Å². The molecule has 2 aliphatic heterocycles. The van der Waals surface area contributed by atoms with Gasteiger partial charge in [0.05, 0.1) is 6.54 Å². The van der Waals surface area contributed by atoms with Gasteiger partial charge in [-0.1, -0.05) is 6.07 Å². The summed E-state index contributed by atoms with van der Waals surface area (Å²) in [7, 11) is 0. The average molecular weight is 282 g/mol. The van der Waals surface area contributed by atoms with E-state index >= 15 is 0 Å². The van der Waals surface area contributed by atoms with Gasteiger partial charge in [-0.15, -0.1) is 0 Å². The number of nitrogens with one attached hydrogen (secondary N) is 1. The summed E-state index contributed by atoms with van der Waals surface area (Å²) in [6, 6.07) is 3.68. The van der Waals surface area contributed by atoms with Gasteiger partial charge in [0.2, 0.25) is 0 Å². The van der Waals surface area contributed by atoms with Crippen LogP contribution in [0.1, 0.15) is 18.4 Å². The maximum atomic E-state index is 13.2. The fourth-order valence-corrected chi connectivity index (χ4v) is 2.82. The van der Waals surface area contributed by atoms with Gasteiger partial charge < -0.3 is 10.1 Å². The van der Waals surface area contributed by atoms with Gasteiger partial charge in [0, 0.05) is 19.4 Å². The number of piperidine rings is 1. The number of amides is 1. The molecule has 3 rings (SSSR count). The van der Waals surface area contributed by atoms with Crippen molar-refractivity contribution in [2.75, 3.05) is 19.6 Å². The Bertz CT molecular complexity index is 530. The monoisotopic (exact) mass is 282 g/mol. The molecule has 0 aromatic heterocycles. The van der Waals surface area contributed by atoms with E-state index in [1.165, 1.54) is 6.07 Å². The Balaban J connectivity index is 1.71. The van der Waals surface area contributed by atoms with Gasteiger partial charge in [0.1, 0.15) is 5.60 Å². The summed E-state index contributed by atoms with van der Waals surface area (Å²) in [4.78, 5) is 13.5. The highest BCUT2D eigenvalue weighted by molar-refractivity contribution is 5.70. The van der Waals surface area contributed by atoms with E-state index in [9.17, 15) is 13.6 Å². The Morgan fingerprint density at radius 3 is 2.70 bits per heavy atom. The van der Waals surface area contributed by atoms with Crippen LogP contribution >= 0.6 is 0 Å². The van der Waals surface area contributed by atoms with E-state index in [1.807, 2.05) is 0 Å². The van der Waals surface area contributed by atoms with Crippen LogP contribution in [-0.2, 0) is 11.3 Å². The van der Waals surface area contributed by atoms with Crippen LogP contribution < -0.4 is 5.32 Å². The van der Waals surface area contributed by atoms with Crippen molar-refractivity contribution < 1.29 is 18.3 Å². The van der Waals surface area contributed by atoms with Crippen molar-refractivity contribution in [3.63, 3.8) is 0 Å². The second-order valence-corrected chi connectivity index (χ2v) is 5.41. The molecule has 6 heteroatoms. The van der Waals surface area contributed by atoms with Gasteiger partial charge in [-0.2, -0.15) is 0 Å². The number of halogens is 2. The first-order chi connectivity index (χ1) is 9.58. The quantitative estimate of drug-likeness (QED) is 0.902. The molecule has 4 nitrogen and oxygen atoms in total. The first kappa shape index (κ1) is 13.3. The molecule has 0 bridgehead atoms. The number of carbonyl (C=O) groups excluding carboxylic acids is 1. The normalized spacial score (nSPS) is 21.3. The molecule has 0 atom stereocenters.